The van der Waals surface area contributed by atoms with Crippen LogP contribution in [0, 0.1) is 5.92 Å². The van der Waals surface area contributed by atoms with Crippen molar-refractivity contribution in [2.75, 3.05) is 16.8 Å². The van der Waals surface area contributed by atoms with Crippen LogP contribution in [-0.4, -0.2) is 28.1 Å². The smallest absolute Gasteiger partial charge is 0.343 e. The van der Waals surface area contributed by atoms with Crippen molar-refractivity contribution >= 4 is 32.4 Å². The highest BCUT2D eigenvalue weighted by Gasteiger charge is 2.38. The standard InChI is InChI=1S/C9H11BrF3N3S/c1-5-2-3-16(6(5)4-10)8-15-14-7(17-8)9(11,12)13/h5-6H,2-4H2,1H3. The van der Waals surface area contributed by atoms with E-state index in [0.29, 0.717) is 22.4 Å². The SMILES string of the molecule is CC1CCN(c2nnc(C(F)(F)F)s2)C1CBr. The molecule has 96 valence electrons. The number of hydrogen-bond acceptors (Lipinski definition) is 4. The second kappa shape index (κ2) is 4.72. The Labute approximate surface area is 109 Å². The molecule has 17 heavy (non-hydrogen) atoms. The van der Waals surface area contributed by atoms with Crippen LogP contribution in [0.3, 0.4) is 0 Å². The molecule has 1 aromatic rings. The van der Waals surface area contributed by atoms with Crippen molar-refractivity contribution in [2.45, 2.75) is 25.6 Å². The lowest BCUT2D eigenvalue weighted by Crippen LogP contribution is -2.33. The number of nitrogens with zero attached hydrogens (tertiary/aromatic N) is 3. The Morgan fingerprint density at radius 3 is 2.71 bits per heavy atom. The molecule has 2 rings (SSSR count). The summed E-state index contributed by atoms with van der Waals surface area (Å²) in [4.78, 5) is 1.91. The lowest BCUT2D eigenvalue weighted by Gasteiger charge is -2.23. The van der Waals surface area contributed by atoms with Crippen LogP contribution in [0.15, 0.2) is 0 Å². The summed E-state index contributed by atoms with van der Waals surface area (Å²) in [6.45, 7) is 2.83. The van der Waals surface area contributed by atoms with Crippen LogP contribution < -0.4 is 4.90 Å². The quantitative estimate of drug-likeness (QED) is 0.780. The van der Waals surface area contributed by atoms with E-state index < -0.39 is 11.2 Å². The molecule has 1 saturated heterocycles. The van der Waals surface area contributed by atoms with Gasteiger partial charge in [0.15, 0.2) is 0 Å². The molecule has 1 fully saturated rings. The Hall–Kier alpha value is -0.370. The molecule has 0 bridgehead atoms. The van der Waals surface area contributed by atoms with Gasteiger partial charge in [0.05, 0.1) is 0 Å². The normalized spacial score (nSPS) is 25.6. The molecule has 0 N–H and O–H groups in total. The molecule has 2 unspecified atom stereocenters. The Morgan fingerprint density at radius 2 is 2.18 bits per heavy atom. The minimum absolute atomic E-state index is 0.198. The van der Waals surface area contributed by atoms with Gasteiger partial charge in [0.1, 0.15) is 0 Å². The average molecular weight is 330 g/mol. The Balaban J connectivity index is 2.21. The van der Waals surface area contributed by atoms with Crippen molar-refractivity contribution in [1.29, 1.82) is 0 Å². The number of aromatic nitrogens is 2. The minimum Gasteiger partial charge on any atom is -0.343 e. The third kappa shape index (κ3) is 2.57. The fraction of sp³-hybridized carbons (Fsp3) is 0.778. The van der Waals surface area contributed by atoms with Crippen LogP contribution in [0.25, 0.3) is 0 Å². The summed E-state index contributed by atoms with van der Waals surface area (Å²) in [5, 5.41) is 7.09. The van der Waals surface area contributed by atoms with Gasteiger partial charge in [-0.3, -0.25) is 0 Å². The molecule has 0 spiro atoms. The summed E-state index contributed by atoms with van der Waals surface area (Å²) in [6.07, 6.45) is -3.43. The van der Waals surface area contributed by atoms with Gasteiger partial charge in [0.25, 0.3) is 0 Å². The maximum Gasteiger partial charge on any atom is 0.445 e. The van der Waals surface area contributed by atoms with Crippen molar-refractivity contribution in [2.24, 2.45) is 5.92 Å². The zero-order valence-electron chi connectivity index (χ0n) is 9.04. The van der Waals surface area contributed by atoms with E-state index in [4.69, 9.17) is 0 Å². The third-order valence-electron chi connectivity index (χ3n) is 2.94. The predicted molar refractivity (Wildman–Crippen MR) is 63.6 cm³/mol. The molecule has 8 heteroatoms. The number of halogens is 4. The predicted octanol–water partition coefficient (Wildman–Crippen LogP) is 3.17. The van der Waals surface area contributed by atoms with E-state index in [1.807, 2.05) is 4.90 Å². The summed E-state index contributed by atoms with van der Waals surface area (Å²) in [5.74, 6) is 0.451. The number of hydrogen-bond donors (Lipinski definition) is 0. The molecule has 0 saturated carbocycles. The monoisotopic (exact) mass is 329 g/mol. The van der Waals surface area contributed by atoms with Gasteiger partial charge < -0.3 is 4.90 Å². The largest absolute Gasteiger partial charge is 0.445 e. The molecule has 0 amide bonds. The highest BCUT2D eigenvalue weighted by Crippen LogP contribution is 2.37. The van der Waals surface area contributed by atoms with Gasteiger partial charge in [-0.1, -0.05) is 34.2 Å². The number of anilines is 1. The molecule has 0 radical (unpaired) electrons. The van der Waals surface area contributed by atoms with Gasteiger partial charge in [0.2, 0.25) is 10.1 Å². The molecule has 0 aromatic carbocycles. The fourth-order valence-electron chi connectivity index (χ4n) is 1.93. The molecular formula is C9H11BrF3N3S. The first-order chi connectivity index (χ1) is 7.93. The third-order valence-corrected chi connectivity index (χ3v) is 4.61. The molecule has 2 heterocycles. The van der Waals surface area contributed by atoms with Crippen LogP contribution in [0.5, 0.6) is 0 Å². The van der Waals surface area contributed by atoms with E-state index >= 15 is 0 Å². The molecule has 2 atom stereocenters. The van der Waals surface area contributed by atoms with Gasteiger partial charge >= 0.3 is 6.18 Å². The first-order valence-electron chi connectivity index (χ1n) is 5.16. The van der Waals surface area contributed by atoms with E-state index in [1.165, 1.54) is 0 Å². The van der Waals surface area contributed by atoms with E-state index in [2.05, 4.69) is 33.1 Å². The molecule has 1 aromatic heterocycles. The zero-order chi connectivity index (χ0) is 12.6. The number of alkyl halides is 4. The summed E-state index contributed by atoms with van der Waals surface area (Å²) in [6, 6.07) is 0.198. The fourth-order valence-corrected chi connectivity index (χ4v) is 3.71. The van der Waals surface area contributed by atoms with Crippen LogP contribution >= 0.6 is 27.3 Å². The van der Waals surface area contributed by atoms with Crippen molar-refractivity contribution in [1.82, 2.24) is 10.2 Å². The lowest BCUT2D eigenvalue weighted by atomic mass is 10.1. The summed E-state index contributed by atoms with van der Waals surface area (Å²) in [7, 11) is 0. The summed E-state index contributed by atoms with van der Waals surface area (Å²) >= 11 is 4.01. The maximum absolute atomic E-state index is 12.4. The van der Waals surface area contributed by atoms with Gasteiger partial charge in [-0.15, -0.1) is 10.2 Å². The lowest BCUT2D eigenvalue weighted by molar-refractivity contribution is -0.138. The van der Waals surface area contributed by atoms with Crippen molar-refractivity contribution in [3.63, 3.8) is 0 Å². The zero-order valence-corrected chi connectivity index (χ0v) is 11.4. The second-order valence-electron chi connectivity index (χ2n) is 4.07. The minimum atomic E-state index is -4.40. The van der Waals surface area contributed by atoms with Gasteiger partial charge in [-0.25, -0.2) is 0 Å². The van der Waals surface area contributed by atoms with Crippen LogP contribution in [0.1, 0.15) is 18.4 Å². The summed E-state index contributed by atoms with van der Waals surface area (Å²) in [5.41, 5.74) is 0. The summed E-state index contributed by atoms with van der Waals surface area (Å²) < 4.78 is 37.3. The molecule has 0 aliphatic carbocycles. The van der Waals surface area contributed by atoms with Gasteiger partial charge in [-0.2, -0.15) is 13.2 Å². The molecule has 1 aliphatic rings. The Morgan fingerprint density at radius 1 is 1.47 bits per heavy atom. The first-order valence-corrected chi connectivity index (χ1v) is 7.10. The van der Waals surface area contributed by atoms with Gasteiger partial charge in [-0.05, 0) is 12.3 Å². The maximum atomic E-state index is 12.4. The first kappa shape index (κ1) is 13.1. The molecule has 1 aliphatic heterocycles. The Kier molecular flexibility index (Phi) is 3.63. The van der Waals surface area contributed by atoms with Crippen molar-refractivity contribution in [3.8, 4) is 0 Å². The van der Waals surface area contributed by atoms with E-state index in [0.717, 1.165) is 18.3 Å². The van der Waals surface area contributed by atoms with Crippen LogP contribution in [0.4, 0.5) is 18.3 Å². The highest BCUT2D eigenvalue weighted by molar-refractivity contribution is 9.09. The molecular weight excluding hydrogens is 319 g/mol. The molecule has 3 nitrogen and oxygen atoms in total. The highest BCUT2D eigenvalue weighted by atomic mass is 79.9. The van der Waals surface area contributed by atoms with Crippen molar-refractivity contribution < 1.29 is 13.2 Å². The van der Waals surface area contributed by atoms with E-state index in [-0.39, 0.29) is 6.04 Å². The van der Waals surface area contributed by atoms with E-state index in [1.54, 1.807) is 0 Å². The van der Waals surface area contributed by atoms with Crippen LogP contribution in [0.2, 0.25) is 0 Å². The van der Waals surface area contributed by atoms with Crippen LogP contribution in [-0.2, 0) is 6.18 Å². The topological polar surface area (TPSA) is 29.0 Å². The van der Waals surface area contributed by atoms with Crippen molar-refractivity contribution in [3.05, 3.63) is 5.01 Å². The van der Waals surface area contributed by atoms with E-state index in [9.17, 15) is 13.2 Å². The number of rotatable bonds is 2. The van der Waals surface area contributed by atoms with Gasteiger partial charge in [0, 0.05) is 17.9 Å². The second-order valence-corrected chi connectivity index (χ2v) is 5.67. The average Bonchev–Trinajstić information content (AvgIpc) is 2.82. The Bertz CT molecular complexity index is 395.